The van der Waals surface area contributed by atoms with Crippen LogP contribution in [0.15, 0.2) is 53.0 Å². The Morgan fingerprint density at radius 3 is 2.42 bits per heavy atom. The third-order valence-corrected chi connectivity index (χ3v) is 10.5. The van der Waals surface area contributed by atoms with E-state index in [0.717, 1.165) is 0 Å². The molecule has 0 aromatic heterocycles. The Kier molecular flexibility index (Phi) is 10.9. The summed E-state index contributed by atoms with van der Waals surface area (Å²) in [5, 5.41) is 12.3. The predicted octanol–water partition coefficient (Wildman–Crippen LogP) is 4.82. The molecule has 4 aliphatic heterocycles. The van der Waals surface area contributed by atoms with Crippen LogP contribution in [0.5, 0.6) is 0 Å². The number of rotatable bonds is 8. The second-order valence-corrected chi connectivity index (χ2v) is 16.2. The van der Waals surface area contributed by atoms with Gasteiger partial charge >= 0.3 is 5.97 Å². The summed E-state index contributed by atoms with van der Waals surface area (Å²) in [6.45, 7) is 11.2. The Balaban J connectivity index is 1.60. The maximum absolute atomic E-state index is 15.1. The van der Waals surface area contributed by atoms with Crippen LogP contribution in [0.25, 0.3) is 0 Å². The number of cyclic esters (lactones) is 1. The molecule has 0 aliphatic carbocycles. The van der Waals surface area contributed by atoms with E-state index in [0.29, 0.717) is 42.1 Å². The number of fused-ring (bicyclic) bond motifs is 2. The second kappa shape index (κ2) is 14.5. The number of hydrogen-bond acceptors (Lipinski definition) is 7. The molecule has 1 aromatic carbocycles. The molecular formula is C37H50BrN3O7. The first kappa shape index (κ1) is 36.3. The Bertz CT molecular complexity index is 1440. The molecule has 6 atom stereocenters. The number of nitrogens with one attached hydrogen (secondary N) is 1. The van der Waals surface area contributed by atoms with Crippen molar-refractivity contribution in [3.05, 3.63) is 58.6 Å². The lowest BCUT2D eigenvalue weighted by molar-refractivity contribution is -0.160. The fourth-order valence-electron chi connectivity index (χ4n) is 8.17. The average molecular weight is 729 g/mol. The van der Waals surface area contributed by atoms with Crippen LogP contribution in [0, 0.1) is 17.3 Å². The molecule has 1 spiro atoms. The number of esters is 1. The lowest BCUT2D eigenvalue weighted by Crippen LogP contribution is -2.60. The monoisotopic (exact) mass is 727 g/mol. The van der Waals surface area contributed by atoms with E-state index in [1.165, 1.54) is 0 Å². The number of unbranched alkanes of at least 4 members (excludes halogenated alkanes) is 2. The van der Waals surface area contributed by atoms with Gasteiger partial charge in [-0.15, -0.1) is 0 Å². The van der Waals surface area contributed by atoms with Crippen molar-refractivity contribution in [1.82, 2.24) is 15.1 Å². The quantitative estimate of drug-likeness (QED) is 0.224. The molecule has 48 heavy (non-hydrogen) atoms. The van der Waals surface area contributed by atoms with Crippen LogP contribution >= 0.6 is 15.9 Å². The van der Waals surface area contributed by atoms with Crippen LogP contribution in [-0.4, -0.2) is 88.1 Å². The van der Waals surface area contributed by atoms with Crippen molar-refractivity contribution in [2.45, 2.75) is 103 Å². The van der Waals surface area contributed by atoms with E-state index in [1.54, 1.807) is 4.90 Å². The lowest BCUT2D eigenvalue weighted by atomic mass is 9.74. The summed E-state index contributed by atoms with van der Waals surface area (Å²) in [5.74, 6) is -3.32. The Hall–Kier alpha value is -3.02. The van der Waals surface area contributed by atoms with Gasteiger partial charge in [-0.2, -0.15) is 0 Å². The number of carbonyl (C=O) groups excluding carboxylic acids is 4. The number of benzene rings is 1. The zero-order chi connectivity index (χ0) is 34.9. The van der Waals surface area contributed by atoms with Gasteiger partial charge < -0.3 is 29.7 Å². The highest BCUT2D eigenvalue weighted by molar-refractivity contribution is 9.11. The Labute approximate surface area is 292 Å². The van der Waals surface area contributed by atoms with Gasteiger partial charge in [0.15, 0.2) is 0 Å². The number of carbonyl (C=O) groups is 4. The topological polar surface area (TPSA) is 125 Å². The highest BCUT2D eigenvalue weighted by atomic mass is 79.9. The number of allylic oxidation sites excluding steroid dienone is 1. The van der Waals surface area contributed by atoms with Crippen molar-refractivity contribution < 1.29 is 33.8 Å². The molecule has 10 nitrogen and oxygen atoms in total. The molecule has 0 unspecified atom stereocenters. The number of ether oxygens (including phenoxy) is 2. The van der Waals surface area contributed by atoms with Gasteiger partial charge in [0.1, 0.15) is 29.8 Å². The minimum atomic E-state index is -1.37. The number of aliphatic hydroxyl groups excluding tert-OH is 1. The van der Waals surface area contributed by atoms with Crippen molar-refractivity contribution >= 4 is 39.6 Å². The maximum atomic E-state index is 15.1. The van der Waals surface area contributed by atoms with E-state index < -0.39 is 47.2 Å². The van der Waals surface area contributed by atoms with Crippen molar-refractivity contribution in [3.8, 4) is 0 Å². The molecule has 4 heterocycles. The van der Waals surface area contributed by atoms with E-state index in [-0.39, 0.29) is 55.8 Å². The summed E-state index contributed by atoms with van der Waals surface area (Å²) in [7, 11) is 0. The molecule has 1 aromatic rings. The third kappa shape index (κ3) is 7.28. The minimum absolute atomic E-state index is 0.0431. The largest absolute Gasteiger partial charge is 0.455 e. The van der Waals surface area contributed by atoms with Gasteiger partial charge in [-0.1, -0.05) is 79.2 Å². The molecular weight excluding hydrogens is 678 g/mol. The third-order valence-electron chi connectivity index (χ3n) is 9.86. The predicted molar refractivity (Wildman–Crippen MR) is 185 cm³/mol. The summed E-state index contributed by atoms with van der Waals surface area (Å²) >= 11 is 3.63. The SMILES string of the molecule is CC(C)(C)CC(C)(C)N1C/C=C\CCC(=O)NC[C@H](c2ccccc2)OC(=O)[C@H]2[C@@H]3O[C@@]4(C=C3Br)[C@@H]2C(=O)N(CCCCCO)[C@@H]4C1=O. The minimum Gasteiger partial charge on any atom is -0.455 e. The van der Waals surface area contributed by atoms with Crippen molar-refractivity contribution in [1.29, 1.82) is 0 Å². The number of nitrogens with zero attached hydrogens (tertiary/aromatic N) is 2. The first-order chi connectivity index (χ1) is 22.7. The van der Waals surface area contributed by atoms with Gasteiger partial charge in [0.05, 0.1) is 12.5 Å². The summed E-state index contributed by atoms with van der Waals surface area (Å²) in [5.41, 5.74) is -1.38. The van der Waals surface area contributed by atoms with Crippen molar-refractivity contribution in [2.75, 3.05) is 26.2 Å². The number of likely N-dealkylation sites (tertiary alicyclic amines) is 1. The smallest absolute Gasteiger partial charge is 0.313 e. The van der Waals surface area contributed by atoms with Gasteiger partial charge in [0, 0.05) is 36.1 Å². The number of hydrogen-bond donors (Lipinski definition) is 2. The lowest BCUT2D eigenvalue weighted by Gasteiger charge is -2.45. The zero-order valence-corrected chi connectivity index (χ0v) is 30.3. The van der Waals surface area contributed by atoms with E-state index in [4.69, 9.17) is 9.47 Å². The van der Waals surface area contributed by atoms with Gasteiger partial charge in [-0.3, -0.25) is 19.2 Å². The number of aliphatic hydroxyl groups is 1. The fraction of sp³-hybridized carbons (Fsp3) is 0.622. The van der Waals surface area contributed by atoms with Crippen LogP contribution in [0.1, 0.15) is 84.8 Å². The molecule has 0 radical (unpaired) electrons. The summed E-state index contributed by atoms with van der Waals surface area (Å²) in [4.78, 5) is 60.3. The highest BCUT2D eigenvalue weighted by Gasteiger charge is 2.75. The standard InChI is InChI=1S/C37H50BrN3O7/c1-35(2,3)23-36(4,5)41-19-13-7-11-17-27(43)39-22-26(24-15-9-6-10-16-24)47-34(46)28-29-32(44)40(18-12-8-14-20-42)31(33(41)45)37(29)21-25(38)30(28)48-37/h6-7,9-10,13,15-16,21,26,28-31,42H,8,11-12,14,17-20,22-23H2,1-5H3,(H,39,43)/b13-7-/t26-,28-,29+,30-,31-,37+/m1/s1. The molecule has 3 amide bonds. The van der Waals surface area contributed by atoms with E-state index >= 15 is 4.79 Å². The van der Waals surface area contributed by atoms with Crippen LogP contribution in [0.2, 0.25) is 0 Å². The normalized spacial score (nSPS) is 30.6. The van der Waals surface area contributed by atoms with Crippen LogP contribution in [-0.2, 0) is 28.7 Å². The first-order valence-corrected chi connectivity index (χ1v) is 18.0. The van der Waals surface area contributed by atoms with Crippen LogP contribution < -0.4 is 5.32 Å². The second-order valence-electron chi connectivity index (χ2n) is 15.3. The first-order valence-electron chi connectivity index (χ1n) is 17.2. The van der Waals surface area contributed by atoms with Gasteiger partial charge in [-0.25, -0.2) is 0 Å². The molecule has 2 fully saturated rings. The number of amides is 3. The molecule has 11 heteroatoms. The molecule has 0 saturated carbocycles. The van der Waals surface area contributed by atoms with Gasteiger partial charge in [0.2, 0.25) is 17.7 Å². The van der Waals surface area contributed by atoms with Crippen molar-refractivity contribution in [3.63, 3.8) is 0 Å². The van der Waals surface area contributed by atoms with Crippen LogP contribution in [0.3, 0.4) is 0 Å². The summed E-state index contributed by atoms with van der Waals surface area (Å²) in [6, 6.07) is 8.20. The zero-order valence-electron chi connectivity index (χ0n) is 28.7. The van der Waals surface area contributed by atoms with E-state index in [2.05, 4.69) is 42.0 Å². The Morgan fingerprint density at radius 2 is 1.73 bits per heavy atom. The molecule has 2 saturated heterocycles. The Morgan fingerprint density at radius 1 is 1.00 bits per heavy atom. The average Bonchev–Trinajstić information content (AvgIpc) is 3.60. The maximum Gasteiger partial charge on any atom is 0.313 e. The molecule has 5 rings (SSSR count). The van der Waals surface area contributed by atoms with E-state index in [1.807, 2.05) is 67.3 Å². The van der Waals surface area contributed by atoms with Crippen molar-refractivity contribution in [2.24, 2.45) is 17.3 Å². The molecule has 262 valence electrons. The van der Waals surface area contributed by atoms with Crippen LogP contribution in [0.4, 0.5) is 0 Å². The summed E-state index contributed by atoms with van der Waals surface area (Å²) in [6.07, 6.45) is 7.33. The fourth-order valence-corrected chi connectivity index (χ4v) is 8.91. The number of halogens is 1. The molecule has 4 aliphatic rings. The highest BCUT2D eigenvalue weighted by Crippen LogP contribution is 2.59. The molecule has 2 N–H and O–H groups in total. The summed E-state index contributed by atoms with van der Waals surface area (Å²) < 4.78 is 13.4. The van der Waals surface area contributed by atoms with Gasteiger partial charge in [-0.05, 0) is 63.0 Å². The molecule has 5 bridgehead atoms. The van der Waals surface area contributed by atoms with E-state index in [9.17, 15) is 19.5 Å². The van der Waals surface area contributed by atoms with Gasteiger partial charge in [0.25, 0.3) is 0 Å².